The van der Waals surface area contributed by atoms with Crippen molar-refractivity contribution in [1.29, 1.82) is 0 Å². The minimum absolute atomic E-state index is 0.191. The average molecular weight is 262 g/mol. The van der Waals surface area contributed by atoms with Gasteiger partial charge in [0.05, 0.1) is 12.2 Å². The van der Waals surface area contributed by atoms with Gasteiger partial charge in [0.25, 0.3) is 0 Å². The molecule has 3 N–H and O–H groups in total. The van der Waals surface area contributed by atoms with Gasteiger partial charge in [0, 0.05) is 12.8 Å². The topological polar surface area (TPSA) is 60.7 Å². The number of rotatable bonds is 6. The van der Waals surface area contributed by atoms with Crippen LogP contribution in [0.2, 0.25) is 0 Å². The highest BCUT2D eigenvalue weighted by molar-refractivity contribution is 5.27. The highest BCUT2D eigenvalue weighted by Gasteiger charge is 2.05. The van der Waals surface area contributed by atoms with E-state index in [2.05, 4.69) is 5.73 Å². The first-order chi connectivity index (χ1) is 9.02. The van der Waals surface area contributed by atoms with Gasteiger partial charge in [-0.3, -0.25) is 0 Å². The molecular weight excluding hydrogens is 240 g/mol. The van der Waals surface area contributed by atoms with Gasteiger partial charge in [-0.25, -0.2) is 0 Å². The van der Waals surface area contributed by atoms with Gasteiger partial charge in [0.2, 0.25) is 0 Å². The lowest BCUT2D eigenvalue weighted by molar-refractivity contribution is 0.181. The van der Waals surface area contributed by atoms with Crippen LogP contribution in [0, 0.1) is 0 Å². The molecule has 0 spiro atoms. The summed E-state index contributed by atoms with van der Waals surface area (Å²) < 4.78 is 0. The second kappa shape index (κ2) is 7.80. The van der Waals surface area contributed by atoms with Crippen molar-refractivity contribution in [2.75, 3.05) is 0 Å². The molecule has 1 aromatic rings. The predicted molar refractivity (Wildman–Crippen MR) is 75.9 cm³/mol. The summed E-state index contributed by atoms with van der Waals surface area (Å²) in [4.78, 5) is 0. The van der Waals surface area contributed by atoms with E-state index in [0.717, 1.165) is 17.6 Å². The molecular formula is C16H22O3. The molecule has 0 heterocycles. The van der Waals surface area contributed by atoms with Gasteiger partial charge in [0.1, 0.15) is 5.75 Å². The van der Waals surface area contributed by atoms with Crippen LogP contribution in [0.5, 0.6) is 5.75 Å². The molecule has 0 aromatic heterocycles. The zero-order valence-electron chi connectivity index (χ0n) is 11.5. The second-order valence-corrected chi connectivity index (χ2v) is 4.70. The van der Waals surface area contributed by atoms with Crippen LogP contribution in [0.1, 0.15) is 44.8 Å². The maximum absolute atomic E-state index is 9.97. The minimum atomic E-state index is -0.599. The summed E-state index contributed by atoms with van der Waals surface area (Å²) >= 11 is 0. The van der Waals surface area contributed by atoms with E-state index in [0.29, 0.717) is 12.8 Å². The molecule has 3 nitrogen and oxygen atoms in total. The van der Waals surface area contributed by atoms with E-state index in [1.807, 2.05) is 6.92 Å². The molecule has 0 amide bonds. The lowest BCUT2D eigenvalue weighted by Gasteiger charge is -2.08. The molecule has 0 bridgehead atoms. The SMILES string of the molecule is CCC(=C=CC[C@@H](O)c1ccc(O)cc1)C[C@H](C)O. The molecule has 1 aromatic carbocycles. The van der Waals surface area contributed by atoms with Gasteiger partial charge in [-0.15, -0.1) is 5.73 Å². The van der Waals surface area contributed by atoms with E-state index < -0.39 is 6.10 Å². The van der Waals surface area contributed by atoms with Crippen LogP contribution in [0.25, 0.3) is 0 Å². The second-order valence-electron chi connectivity index (χ2n) is 4.70. The van der Waals surface area contributed by atoms with Crippen molar-refractivity contribution in [2.45, 2.75) is 45.3 Å². The maximum atomic E-state index is 9.97. The molecule has 0 radical (unpaired) electrons. The third-order valence-electron chi connectivity index (χ3n) is 2.89. The number of aliphatic hydroxyl groups excluding tert-OH is 2. The van der Waals surface area contributed by atoms with Gasteiger partial charge < -0.3 is 15.3 Å². The monoisotopic (exact) mass is 262 g/mol. The van der Waals surface area contributed by atoms with Gasteiger partial charge >= 0.3 is 0 Å². The van der Waals surface area contributed by atoms with Crippen molar-refractivity contribution in [1.82, 2.24) is 0 Å². The Labute approximate surface area is 114 Å². The molecule has 0 aliphatic rings. The minimum Gasteiger partial charge on any atom is -0.508 e. The Morgan fingerprint density at radius 1 is 1.26 bits per heavy atom. The fraction of sp³-hybridized carbons (Fsp3) is 0.438. The third-order valence-corrected chi connectivity index (χ3v) is 2.89. The van der Waals surface area contributed by atoms with E-state index in [4.69, 9.17) is 0 Å². The zero-order chi connectivity index (χ0) is 14.3. The van der Waals surface area contributed by atoms with Crippen molar-refractivity contribution < 1.29 is 15.3 Å². The van der Waals surface area contributed by atoms with Crippen LogP contribution in [-0.4, -0.2) is 21.4 Å². The van der Waals surface area contributed by atoms with Gasteiger partial charge in [0.15, 0.2) is 0 Å². The van der Waals surface area contributed by atoms with E-state index >= 15 is 0 Å². The van der Waals surface area contributed by atoms with Crippen molar-refractivity contribution >= 4 is 0 Å². The third kappa shape index (κ3) is 5.75. The zero-order valence-corrected chi connectivity index (χ0v) is 11.5. The summed E-state index contributed by atoms with van der Waals surface area (Å²) in [6.45, 7) is 3.78. The van der Waals surface area contributed by atoms with E-state index in [9.17, 15) is 15.3 Å². The smallest absolute Gasteiger partial charge is 0.115 e. The van der Waals surface area contributed by atoms with Gasteiger partial charge in [-0.1, -0.05) is 19.1 Å². The molecule has 0 fully saturated rings. The molecule has 0 aliphatic carbocycles. The molecule has 0 unspecified atom stereocenters. The van der Waals surface area contributed by atoms with E-state index in [-0.39, 0.29) is 11.9 Å². The molecule has 0 aliphatic heterocycles. The van der Waals surface area contributed by atoms with Crippen LogP contribution in [-0.2, 0) is 0 Å². The number of aromatic hydroxyl groups is 1. The molecule has 1 rings (SSSR count). The summed E-state index contributed by atoms with van der Waals surface area (Å²) in [6.07, 6.45) is 2.77. The van der Waals surface area contributed by atoms with Crippen molar-refractivity contribution in [2.24, 2.45) is 0 Å². The van der Waals surface area contributed by atoms with Crippen molar-refractivity contribution in [3.8, 4) is 5.75 Å². The molecule has 19 heavy (non-hydrogen) atoms. The lowest BCUT2D eigenvalue weighted by Crippen LogP contribution is -2.00. The Morgan fingerprint density at radius 2 is 1.89 bits per heavy atom. The Bertz CT molecular complexity index is 440. The molecule has 104 valence electrons. The highest BCUT2D eigenvalue weighted by Crippen LogP contribution is 2.19. The normalized spacial score (nSPS) is 13.5. The summed E-state index contributed by atoms with van der Waals surface area (Å²) in [5, 5.41) is 28.5. The van der Waals surface area contributed by atoms with Crippen molar-refractivity contribution in [3.63, 3.8) is 0 Å². The van der Waals surface area contributed by atoms with Gasteiger partial charge in [-0.2, -0.15) is 0 Å². The largest absolute Gasteiger partial charge is 0.508 e. The molecule has 0 saturated carbocycles. The fourth-order valence-electron chi connectivity index (χ4n) is 1.81. The Morgan fingerprint density at radius 3 is 2.42 bits per heavy atom. The lowest BCUT2D eigenvalue weighted by atomic mass is 10.0. The maximum Gasteiger partial charge on any atom is 0.115 e. The van der Waals surface area contributed by atoms with Crippen LogP contribution < -0.4 is 0 Å². The number of hydrogen-bond acceptors (Lipinski definition) is 3. The van der Waals surface area contributed by atoms with Crippen molar-refractivity contribution in [3.05, 3.63) is 47.2 Å². The summed E-state index contributed by atoms with van der Waals surface area (Å²) in [6, 6.07) is 6.52. The highest BCUT2D eigenvalue weighted by atomic mass is 16.3. The Kier molecular flexibility index (Phi) is 6.37. The number of aliphatic hydroxyl groups is 2. The molecule has 0 saturated heterocycles. The number of benzene rings is 1. The molecule has 3 heteroatoms. The van der Waals surface area contributed by atoms with Crippen LogP contribution in [0.3, 0.4) is 0 Å². The van der Waals surface area contributed by atoms with E-state index in [1.54, 1.807) is 37.3 Å². The quantitative estimate of drug-likeness (QED) is 0.690. The Hall–Kier alpha value is -1.54. The first kappa shape index (κ1) is 15.5. The first-order valence-corrected chi connectivity index (χ1v) is 6.61. The Balaban J connectivity index is 2.64. The first-order valence-electron chi connectivity index (χ1n) is 6.61. The van der Waals surface area contributed by atoms with Gasteiger partial charge in [-0.05, 0) is 42.7 Å². The van der Waals surface area contributed by atoms with Crippen LogP contribution in [0.4, 0.5) is 0 Å². The van der Waals surface area contributed by atoms with Crippen LogP contribution in [0.15, 0.2) is 41.6 Å². The summed E-state index contributed by atoms with van der Waals surface area (Å²) in [7, 11) is 0. The number of phenols is 1. The number of hydrogen-bond donors (Lipinski definition) is 3. The summed E-state index contributed by atoms with van der Waals surface area (Å²) in [5.41, 5.74) is 4.95. The standard InChI is InChI=1S/C16H22O3/c1-3-13(11-12(2)17)5-4-6-16(19)14-7-9-15(18)10-8-14/h4,7-10,12,16-19H,3,6,11H2,1-2H3/t5?,12-,16+/m0/s1. The fourth-order valence-corrected chi connectivity index (χ4v) is 1.81. The summed E-state index contributed by atoms with van der Waals surface area (Å²) in [5.74, 6) is 0.191. The number of phenolic OH excluding ortho intramolecular Hbond substituents is 1. The average Bonchev–Trinajstić information content (AvgIpc) is 2.37. The van der Waals surface area contributed by atoms with E-state index in [1.165, 1.54) is 0 Å². The predicted octanol–water partition coefficient (Wildman–Crippen LogP) is 3.08. The van der Waals surface area contributed by atoms with Crippen LogP contribution >= 0.6 is 0 Å². The molecule has 2 atom stereocenters.